The lowest BCUT2D eigenvalue weighted by Crippen LogP contribution is -2.32. The van der Waals surface area contributed by atoms with Gasteiger partial charge in [-0.15, -0.1) is 0 Å². The van der Waals surface area contributed by atoms with Crippen molar-refractivity contribution in [1.29, 1.82) is 0 Å². The van der Waals surface area contributed by atoms with Gasteiger partial charge in [0.15, 0.2) is 0 Å². The van der Waals surface area contributed by atoms with Crippen molar-refractivity contribution in [2.24, 2.45) is 0 Å². The van der Waals surface area contributed by atoms with Gasteiger partial charge in [-0.2, -0.15) is 0 Å². The normalized spacial score (nSPS) is 11.4. The maximum absolute atomic E-state index is 12.4. The van der Waals surface area contributed by atoms with Gasteiger partial charge in [0.05, 0.1) is 30.2 Å². The summed E-state index contributed by atoms with van der Waals surface area (Å²) in [5.41, 5.74) is 3.62. The van der Waals surface area contributed by atoms with Crippen molar-refractivity contribution in [3.05, 3.63) is 45.0 Å². The molecule has 0 unspecified atom stereocenters. The third kappa shape index (κ3) is 2.82. The molecule has 2 aromatic heterocycles. The zero-order valence-electron chi connectivity index (χ0n) is 14.8. The van der Waals surface area contributed by atoms with E-state index >= 15 is 0 Å². The van der Waals surface area contributed by atoms with Gasteiger partial charge in [0.2, 0.25) is 5.91 Å². The van der Waals surface area contributed by atoms with Crippen LogP contribution in [0.1, 0.15) is 22.3 Å². The van der Waals surface area contributed by atoms with E-state index in [1.807, 2.05) is 19.9 Å². The smallest absolute Gasteiger partial charge is 0.340 e. The predicted octanol–water partition coefficient (Wildman–Crippen LogP) is 2.46. The van der Waals surface area contributed by atoms with Gasteiger partial charge in [-0.3, -0.25) is 4.79 Å². The maximum Gasteiger partial charge on any atom is 0.340 e. The van der Waals surface area contributed by atoms with Crippen LogP contribution in [0.5, 0.6) is 0 Å². The van der Waals surface area contributed by atoms with E-state index in [1.165, 1.54) is 4.90 Å². The molecule has 132 valence electrons. The summed E-state index contributed by atoms with van der Waals surface area (Å²) < 4.78 is 11.2. The summed E-state index contributed by atoms with van der Waals surface area (Å²) >= 11 is 0. The largest absolute Gasteiger partial charge is 0.463 e. The third-order valence-electron chi connectivity index (χ3n) is 4.66. The van der Waals surface area contributed by atoms with E-state index < -0.39 is 5.63 Å². The molecule has 0 fully saturated rings. The molecule has 0 atom stereocenters. The van der Waals surface area contributed by atoms with Gasteiger partial charge in [-0.05, 0) is 43.5 Å². The van der Waals surface area contributed by atoms with Crippen molar-refractivity contribution in [2.45, 2.75) is 27.2 Å². The highest BCUT2D eigenvalue weighted by Crippen LogP contribution is 2.34. The summed E-state index contributed by atoms with van der Waals surface area (Å²) in [6.45, 7) is 5.81. The van der Waals surface area contributed by atoms with Crippen molar-refractivity contribution in [1.82, 2.24) is 4.90 Å². The molecule has 0 aliphatic carbocycles. The van der Waals surface area contributed by atoms with Gasteiger partial charge in [0.25, 0.3) is 0 Å². The number of aliphatic hydroxyl groups excluding tert-OH is 1. The number of rotatable bonds is 4. The number of carbonyl (C=O) groups excluding carboxylic acids is 1. The topological polar surface area (TPSA) is 83.9 Å². The van der Waals surface area contributed by atoms with E-state index in [0.717, 1.165) is 21.9 Å². The van der Waals surface area contributed by atoms with Gasteiger partial charge >= 0.3 is 5.63 Å². The average molecular weight is 343 g/mol. The van der Waals surface area contributed by atoms with Crippen LogP contribution in [0.2, 0.25) is 0 Å². The summed E-state index contributed by atoms with van der Waals surface area (Å²) in [5, 5.41) is 10.7. The first-order chi connectivity index (χ1) is 11.8. The SMILES string of the molecule is Cc1coc2c1c(C)cc1oc(=O)c(CC(=O)N(C)CCO)c(C)c12. The fraction of sp³-hybridized carbons (Fsp3) is 0.368. The van der Waals surface area contributed by atoms with Crippen molar-refractivity contribution < 1.29 is 18.7 Å². The number of likely N-dealkylation sites (N-methyl/N-ethyl adjacent to an activating group) is 1. The average Bonchev–Trinajstić information content (AvgIpc) is 2.93. The van der Waals surface area contributed by atoms with Crippen LogP contribution in [-0.4, -0.2) is 36.1 Å². The van der Waals surface area contributed by atoms with E-state index in [9.17, 15) is 9.59 Å². The highest BCUT2D eigenvalue weighted by molar-refractivity contribution is 6.07. The van der Waals surface area contributed by atoms with E-state index in [4.69, 9.17) is 13.9 Å². The molecule has 2 heterocycles. The first-order valence-corrected chi connectivity index (χ1v) is 8.13. The van der Waals surface area contributed by atoms with Crippen LogP contribution >= 0.6 is 0 Å². The van der Waals surface area contributed by atoms with Gasteiger partial charge < -0.3 is 18.8 Å². The fourth-order valence-corrected chi connectivity index (χ4v) is 3.24. The van der Waals surface area contributed by atoms with Crippen molar-refractivity contribution in [3.8, 4) is 0 Å². The number of amides is 1. The predicted molar refractivity (Wildman–Crippen MR) is 94.9 cm³/mol. The Balaban J connectivity index is 2.21. The van der Waals surface area contributed by atoms with Crippen LogP contribution in [0.4, 0.5) is 0 Å². The molecule has 3 aromatic rings. The number of aryl methyl sites for hydroxylation is 3. The van der Waals surface area contributed by atoms with Crippen LogP contribution in [0.3, 0.4) is 0 Å². The summed E-state index contributed by atoms with van der Waals surface area (Å²) in [4.78, 5) is 26.1. The van der Waals surface area contributed by atoms with E-state index in [2.05, 4.69) is 0 Å². The highest BCUT2D eigenvalue weighted by atomic mass is 16.4. The lowest BCUT2D eigenvalue weighted by molar-refractivity contribution is -0.129. The number of aliphatic hydroxyl groups is 1. The molecule has 0 radical (unpaired) electrons. The van der Waals surface area contributed by atoms with Crippen LogP contribution in [0.15, 0.2) is 26.0 Å². The Hall–Kier alpha value is -2.60. The molecule has 0 aliphatic heterocycles. The lowest BCUT2D eigenvalue weighted by Gasteiger charge is -2.16. The number of hydrogen-bond acceptors (Lipinski definition) is 5. The van der Waals surface area contributed by atoms with E-state index in [-0.39, 0.29) is 25.5 Å². The Morgan fingerprint density at radius 1 is 1.20 bits per heavy atom. The molecule has 6 nitrogen and oxygen atoms in total. The Kier molecular flexibility index (Phi) is 4.39. The Bertz CT molecular complexity index is 1030. The molecule has 1 N–H and O–H groups in total. The number of hydrogen-bond donors (Lipinski definition) is 1. The van der Waals surface area contributed by atoms with Crippen LogP contribution < -0.4 is 5.63 Å². The van der Waals surface area contributed by atoms with Gasteiger partial charge in [-0.25, -0.2) is 4.79 Å². The minimum atomic E-state index is -0.516. The molecule has 3 rings (SSSR count). The molecular formula is C19H21NO5. The zero-order valence-corrected chi connectivity index (χ0v) is 14.8. The summed E-state index contributed by atoms with van der Waals surface area (Å²) in [5.74, 6) is -0.247. The molecule has 25 heavy (non-hydrogen) atoms. The molecule has 6 heteroatoms. The van der Waals surface area contributed by atoms with Crippen molar-refractivity contribution >= 4 is 27.8 Å². The van der Waals surface area contributed by atoms with E-state index in [0.29, 0.717) is 22.3 Å². The minimum Gasteiger partial charge on any atom is -0.463 e. The van der Waals surface area contributed by atoms with Gasteiger partial charge in [0.1, 0.15) is 11.2 Å². The first kappa shape index (κ1) is 17.2. The van der Waals surface area contributed by atoms with Crippen LogP contribution in [0.25, 0.3) is 21.9 Å². The van der Waals surface area contributed by atoms with E-state index in [1.54, 1.807) is 20.2 Å². The maximum atomic E-state index is 12.4. The second-order valence-corrected chi connectivity index (χ2v) is 6.40. The minimum absolute atomic E-state index is 0.0737. The monoisotopic (exact) mass is 343 g/mol. The number of fused-ring (bicyclic) bond motifs is 3. The zero-order chi connectivity index (χ0) is 18.3. The quantitative estimate of drug-likeness (QED) is 0.736. The molecule has 0 saturated heterocycles. The second kappa shape index (κ2) is 6.37. The summed E-state index contributed by atoms with van der Waals surface area (Å²) in [6, 6.07) is 1.83. The number of carbonyl (C=O) groups is 1. The van der Waals surface area contributed by atoms with Crippen molar-refractivity contribution in [3.63, 3.8) is 0 Å². The first-order valence-electron chi connectivity index (χ1n) is 8.13. The Morgan fingerprint density at radius 3 is 2.60 bits per heavy atom. The number of benzene rings is 1. The summed E-state index contributed by atoms with van der Waals surface area (Å²) in [7, 11) is 1.59. The third-order valence-corrected chi connectivity index (χ3v) is 4.66. The summed E-state index contributed by atoms with van der Waals surface area (Å²) in [6.07, 6.45) is 1.61. The number of nitrogens with zero attached hydrogens (tertiary/aromatic N) is 1. The lowest BCUT2D eigenvalue weighted by atomic mass is 9.98. The van der Waals surface area contributed by atoms with Gasteiger partial charge in [0, 0.05) is 19.0 Å². The molecule has 0 bridgehead atoms. The van der Waals surface area contributed by atoms with Crippen LogP contribution in [0, 0.1) is 20.8 Å². The van der Waals surface area contributed by atoms with Gasteiger partial charge in [-0.1, -0.05) is 0 Å². The molecular weight excluding hydrogens is 322 g/mol. The molecule has 0 aliphatic rings. The highest BCUT2D eigenvalue weighted by Gasteiger charge is 2.21. The van der Waals surface area contributed by atoms with Crippen molar-refractivity contribution in [2.75, 3.05) is 20.2 Å². The molecule has 1 aromatic carbocycles. The second-order valence-electron chi connectivity index (χ2n) is 6.40. The van der Waals surface area contributed by atoms with Crippen LogP contribution in [-0.2, 0) is 11.2 Å². The standard InChI is InChI=1S/C19H21NO5/c1-10-7-14-17(18-16(10)11(2)9-24-18)12(3)13(19(23)25-14)8-15(22)20(4)5-6-21/h7,9,21H,5-6,8H2,1-4H3. The fourth-order valence-electron chi connectivity index (χ4n) is 3.24. The molecule has 1 amide bonds. The number of furan rings is 1. The molecule has 0 saturated carbocycles. The molecule has 0 spiro atoms. The Morgan fingerprint density at radius 2 is 1.92 bits per heavy atom. The Labute approximate surface area is 144 Å².